The summed E-state index contributed by atoms with van der Waals surface area (Å²) in [6, 6.07) is 4.87. The van der Waals surface area contributed by atoms with Gasteiger partial charge >= 0.3 is 0 Å². The fourth-order valence-electron chi connectivity index (χ4n) is 2.01. The second kappa shape index (κ2) is 6.92. The molecule has 0 bridgehead atoms. The molecule has 3 nitrogen and oxygen atoms in total. The molecule has 0 amide bonds. The molecule has 0 aliphatic rings. The highest BCUT2D eigenvalue weighted by molar-refractivity contribution is 7.89. The fraction of sp³-hybridized carbons (Fsp3) is 0.600. The van der Waals surface area contributed by atoms with Crippen molar-refractivity contribution in [3.63, 3.8) is 0 Å². The van der Waals surface area contributed by atoms with Crippen LogP contribution in [0.1, 0.15) is 33.3 Å². The van der Waals surface area contributed by atoms with Crippen molar-refractivity contribution >= 4 is 21.6 Å². The van der Waals surface area contributed by atoms with Gasteiger partial charge in [0.05, 0.1) is 4.90 Å². The van der Waals surface area contributed by atoms with Crippen molar-refractivity contribution in [3.8, 4) is 0 Å². The monoisotopic (exact) mass is 317 g/mol. The predicted molar refractivity (Wildman–Crippen MR) is 84.6 cm³/mol. The molecule has 0 fully saturated rings. The van der Waals surface area contributed by atoms with Gasteiger partial charge in [0.2, 0.25) is 10.0 Å². The Morgan fingerprint density at radius 3 is 2.00 bits per heavy atom. The Hall–Kier alpha value is -0.580. The van der Waals surface area contributed by atoms with Gasteiger partial charge in [-0.05, 0) is 42.5 Å². The first kappa shape index (κ1) is 17.5. The standard InChI is InChI=1S/C15H24ClNO2S/c1-11(2)9-17(10-12(3)4)20(18,19)14-6-7-15(16)13(5)8-14/h6-8,11-12H,9-10H2,1-5H3. The van der Waals surface area contributed by atoms with E-state index in [0.29, 0.717) is 23.0 Å². The lowest BCUT2D eigenvalue weighted by Crippen LogP contribution is -2.37. The second-order valence-electron chi connectivity index (χ2n) is 6.02. The zero-order valence-electron chi connectivity index (χ0n) is 12.9. The maximum absolute atomic E-state index is 12.7. The Bertz CT molecular complexity index is 543. The smallest absolute Gasteiger partial charge is 0.207 e. The number of halogens is 1. The van der Waals surface area contributed by atoms with Gasteiger partial charge in [0, 0.05) is 18.1 Å². The van der Waals surface area contributed by atoms with Crippen LogP contribution < -0.4 is 0 Å². The molecule has 20 heavy (non-hydrogen) atoms. The molecule has 0 unspecified atom stereocenters. The zero-order chi connectivity index (χ0) is 15.5. The average molecular weight is 318 g/mol. The molecule has 1 aromatic carbocycles. The van der Waals surface area contributed by atoms with Gasteiger partial charge in [0.25, 0.3) is 0 Å². The van der Waals surface area contributed by atoms with Crippen molar-refractivity contribution < 1.29 is 8.42 Å². The first-order chi connectivity index (χ1) is 9.14. The largest absolute Gasteiger partial charge is 0.243 e. The van der Waals surface area contributed by atoms with E-state index in [4.69, 9.17) is 11.6 Å². The van der Waals surface area contributed by atoms with E-state index >= 15 is 0 Å². The van der Waals surface area contributed by atoms with Crippen LogP contribution in [0.4, 0.5) is 0 Å². The Morgan fingerprint density at radius 2 is 1.60 bits per heavy atom. The van der Waals surface area contributed by atoms with E-state index in [0.717, 1.165) is 5.56 Å². The van der Waals surface area contributed by atoms with Crippen molar-refractivity contribution in [2.24, 2.45) is 11.8 Å². The van der Waals surface area contributed by atoms with Crippen LogP contribution in [0.25, 0.3) is 0 Å². The lowest BCUT2D eigenvalue weighted by atomic mass is 10.2. The Morgan fingerprint density at radius 1 is 1.10 bits per heavy atom. The summed E-state index contributed by atoms with van der Waals surface area (Å²) in [4.78, 5) is 0.320. The number of hydrogen-bond acceptors (Lipinski definition) is 2. The van der Waals surface area contributed by atoms with Gasteiger partial charge in [-0.2, -0.15) is 4.31 Å². The highest BCUT2D eigenvalue weighted by Gasteiger charge is 2.26. The number of rotatable bonds is 6. The molecule has 5 heteroatoms. The SMILES string of the molecule is Cc1cc(S(=O)(=O)N(CC(C)C)CC(C)C)ccc1Cl. The highest BCUT2D eigenvalue weighted by atomic mass is 35.5. The van der Waals surface area contributed by atoms with Crippen LogP contribution in [0.2, 0.25) is 5.02 Å². The van der Waals surface area contributed by atoms with Crippen molar-refractivity contribution in [3.05, 3.63) is 28.8 Å². The zero-order valence-corrected chi connectivity index (χ0v) is 14.4. The molecule has 0 aromatic heterocycles. The third-order valence-electron chi connectivity index (χ3n) is 2.90. The molecule has 0 atom stereocenters. The van der Waals surface area contributed by atoms with Crippen LogP contribution in [0.3, 0.4) is 0 Å². The summed E-state index contributed by atoms with van der Waals surface area (Å²) in [6.07, 6.45) is 0. The van der Waals surface area contributed by atoms with Crippen LogP contribution in [0.15, 0.2) is 23.1 Å². The summed E-state index contributed by atoms with van der Waals surface area (Å²) in [5.41, 5.74) is 0.779. The van der Waals surface area contributed by atoms with Crippen LogP contribution in [0.5, 0.6) is 0 Å². The van der Waals surface area contributed by atoms with Crippen molar-refractivity contribution in [2.75, 3.05) is 13.1 Å². The van der Waals surface area contributed by atoms with E-state index in [2.05, 4.69) is 0 Å². The van der Waals surface area contributed by atoms with Crippen LogP contribution in [-0.4, -0.2) is 25.8 Å². The average Bonchev–Trinajstić information content (AvgIpc) is 2.30. The van der Waals surface area contributed by atoms with Crippen molar-refractivity contribution in [2.45, 2.75) is 39.5 Å². The summed E-state index contributed by atoms with van der Waals surface area (Å²) in [5.74, 6) is 0.578. The topological polar surface area (TPSA) is 37.4 Å². The first-order valence-electron chi connectivity index (χ1n) is 6.91. The molecule has 0 aliphatic heterocycles. The summed E-state index contributed by atoms with van der Waals surface area (Å²) in [5, 5.41) is 0.586. The Kier molecular flexibility index (Phi) is 6.05. The predicted octanol–water partition coefficient (Wildman–Crippen LogP) is 3.95. The van der Waals surface area contributed by atoms with Gasteiger partial charge in [-0.3, -0.25) is 0 Å². The molecule has 0 spiro atoms. The molecule has 1 rings (SSSR count). The van der Waals surface area contributed by atoms with E-state index in [1.54, 1.807) is 22.5 Å². The summed E-state index contributed by atoms with van der Waals surface area (Å²) in [6.45, 7) is 11.0. The molecule has 0 saturated heterocycles. The molecular formula is C15H24ClNO2S. The number of sulfonamides is 1. The summed E-state index contributed by atoms with van der Waals surface area (Å²) >= 11 is 5.97. The second-order valence-corrected chi connectivity index (χ2v) is 8.37. The quantitative estimate of drug-likeness (QED) is 0.796. The Labute approximate surface area is 128 Å². The molecule has 0 aliphatic carbocycles. The van der Waals surface area contributed by atoms with Gasteiger partial charge in [-0.1, -0.05) is 39.3 Å². The molecule has 1 aromatic rings. The lowest BCUT2D eigenvalue weighted by Gasteiger charge is -2.25. The van der Waals surface area contributed by atoms with Gasteiger partial charge in [-0.25, -0.2) is 8.42 Å². The number of hydrogen-bond donors (Lipinski definition) is 0. The van der Waals surface area contributed by atoms with Crippen molar-refractivity contribution in [1.29, 1.82) is 0 Å². The van der Waals surface area contributed by atoms with Crippen molar-refractivity contribution in [1.82, 2.24) is 4.31 Å². The third-order valence-corrected chi connectivity index (χ3v) is 5.16. The lowest BCUT2D eigenvalue weighted by molar-refractivity contribution is 0.333. The van der Waals surface area contributed by atoms with Gasteiger partial charge in [0.1, 0.15) is 0 Å². The maximum Gasteiger partial charge on any atom is 0.243 e. The summed E-state index contributed by atoms with van der Waals surface area (Å²) in [7, 11) is -3.46. The van der Waals surface area contributed by atoms with Crippen LogP contribution >= 0.6 is 11.6 Å². The highest BCUT2D eigenvalue weighted by Crippen LogP contribution is 2.23. The number of benzene rings is 1. The molecule has 0 heterocycles. The Balaban J connectivity index is 3.17. The van der Waals surface area contributed by atoms with E-state index < -0.39 is 10.0 Å². The van der Waals surface area contributed by atoms with Gasteiger partial charge in [-0.15, -0.1) is 0 Å². The van der Waals surface area contributed by atoms with E-state index in [-0.39, 0.29) is 11.8 Å². The molecule has 0 N–H and O–H groups in total. The van der Waals surface area contributed by atoms with Gasteiger partial charge in [0.15, 0.2) is 0 Å². The minimum absolute atomic E-state index is 0.289. The summed E-state index contributed by atoms with van der Waals surface area (Å²) < 4.78 is 27.1. The van der Waals surface area contributed by atoms with Crippen LogP contribution in [-0.2, 0) is 10.0 Å². The maximum atomic E-state index is 12.7. The third kappa shape index (κ3) is 4.47. The molecular weight excluding hydrogens is 294 g/mol. The van der Waals surface area contributed by atoms with Crippen LogP contribution in [0, 0.1) is 18.8 Å². The van der Waals surface area contributed by atoms with E-state index in [1.807, 2.05) is 34.6 Å². The van der Waals surface area contributed by atoms with E-state index in [9.17, 15) is 8.42 Å². The minimum Gasteiger partial charge on any atom is -0.207 e. The number of nitrogens with zero attached hydrogens (tertiary/aromatic N) is 1. The normalized spacial score (nSPS) is 12.7. The van der Waals surface area contributed by atoms with Gasteiger partial charge < -0.3 is 0 Å². The first-order valence-corrected chi connectivity index (χ1v) is 8.72. The fourth-order valence-corrected chi connectivity index (χ4v) is 3.98. The molecule has 0 saturated carbocycles. The number of aryl methyl sites for hydroxylation is 1. The molecule has 0 radical (unpaired) electrons. The minimum atomic E-state index is -3.46. The molecule has 114 valence electrons. The van der Waals surface area contributed by atoms with E-state index in [1.165, 1.54) is 0 Å².